The second-order valence-corrected chi connectivity index (χ2v) is 9.64. The van der Waals surface area contributed by atoms with Crippen molar-refractivity contribution in [3.63, 3.8) is 0 Å². The van der Waals surface area contributed by atoms with E-state index in [0.717, 1.165) is 29.7 Å². The summed E-state index contributed by atoms with van der Waals surface area (Å²) in [6.07, 6.45) is 9.40. The first-order valence-electron chi connectivity index (χ1n) is 12.8. The highest BCUT2D eigenvalue weighted by Gasteiger charge is 2.36. The van der Waals surface area contributed by atoms with Crippen LogP contribution in [0.1, 0.15) is 49.8 Å². The van der Waals surface area contributed by atoms with E-state index in [0.29, 0.717) is 41.4 Å². The molecule has 2 aromatic rings. The zero-order chi connectivity index (χ0) is 28.8. The molecule has 0 bridgehead atoms. The maximum atomic E-state index is 14.6. The fraction of sp³-hybridized carbons (Fsp3) is 0.379. The van der Waals surface area contributed by atoms with Gasteiger partial charge in [-0.3, -0.25) is 9.59 Å². The summed E-state index contributed by atoms with van der Waals surface area (Å²) in [6, 6.07) is 6.92. The predicted molar refractivity (Wildman–Crippen MR) is 154 cm³/mol. The molecule has 0 unspecified atom stereocenters. The molecular formula is C29H39FN6O3. The van der Waals surface area contributed by atoms with Gasteiger partial charge in [-0.2, -0.15) is 0 Å². The molecule has 10 heteroatoms. The lowest BCUT2D eigenvalue weighted by molar-refractivity contribution is -0.114. The number of amides is 2. The minimum Gasteiger partial charge on any atom is -0.395 e. The highest BCUT2D eigenvalue weighted by Crippen LogP contribution is 2.47. The highest BCUT2D eigenvalue weighted by atomic mass is 19.1. The van der Waals surface area contributed by atoms with Crippen LogP contribution in [-0.4, -0.2) is 47.8 Å². The summed E-state index contributed by atoms with van der Waals surface area (Å²) in [5.74, 6) is 0.504. The molecule has 0 radical (unpaired) electrons. The number of primary amides is 1. The molecular weight excluding hydrogens is 499 g/mol. The molecule has 1 aliphatic carbocycles. The molecule has 0 aliphatic heterocycles. The maximum absolute atomic E-state index is 14.6. The van der Waals surface area contributed by atoms with Crippen LogP contribution in [0.4, 0.5) is 15.9 Å². The largest absolute Gasteiger partial charge is 0.395 e. The number of pyridine rings is 1. The van der Waals surface area contributed by atoms with Crippen molar-refractivity contribution in [3.8, 4) is 0 Å². The lowest BCUT2D eigenvalue weighted by Gasteiger charge is -2.14. The summed E-state index contributed by atoms with van der Waals surface area (Å²) >= 11 is 0. The standard InChI is InChI=1S/C28H36FN5O2.CH3NO/c1-5-24(22-8-12-31-27(18-22)33-20(3)36)34-26(32-14-15-35)7-6-21-17-25(23(29)16-19(21)2)30-13-11-28(4)9-10-28;2-1-3/h5,7-8,12,16-18,30,32,35H,1,6,9-11,13-15H2,2-4H3,(H,31,33,36);1H,(H2,2,3)/b26-7-,34-24+;. The zero-order valence-corrected chi connectivity index (χ0v) is 22.9. The lowest BCUT2D eigenvalue weighted by atomic mass is 10.0. The van der Waals surface area contributed by atoms with Gasteiger partial charge < -0.3 is 26.8 Å². The van der Waals surface area contributed by atoms with Crippen molar-refractivity contribution >= 4 is 29.5 Å². The fourth-order valence-electron chi connectivity index (χ4n) is 3.78. The lowest BCUT2D eigenvalue weighted by Crippen LogP contribution is -2.18. The number of benzene rings is 1. The Morgan fingerprint density at radius 2 is 2.03 bits per heavy atom. The van der Waals surface area contributed by atoms with Crippen LogP contribution in [0.5, 0.6) is 0 Å². The predicted octanol–water partition coefficient (Wildman–Crippen LogP) is 3.83. The van der Waals surface area contributed by atoms with E-state index >= 15 is 0 Å². The number of aliphatic hydroxyl groups is 1. The zero-order valence-electron chi connectivity index (χ0n) is 22.9. The molecule has 2 amide bonds. The van der Waals surface area contributed by atoms with Gasteiger partial charge in [-0.25, -0.2) is 14.4 Å². The van der Waals surface area contributed by atoms with Crippen LogP contribution in [0, 0.1) is 18.2 Å². The van der Waals surface area contributed by atoms with Crippen molar-refractivity contribution in [2.45, 2.75) is 46.5 Å². The van der Waals surface area contributed by atoms with Gasteiger partial charge in [0.1, 0.15) is 17.5 Å². The molecule has 9 nitrogen and oxygen atoms in total. The number of halogens is 1. The Morgan fingerprint density at radius 3 is 2.64 bits per heavy atom. The third-order valence-electron chi connectivity index (χ3n) is 6.30. The first-order valence-corrected chi connectivity index (χ1v) is 12.8. The number of nitrogens with two attached hydrogens (primary N) is 1. The first-order chi connectivity index (χ1) is 18.6. The van der Waals surface area contributed by atoms with Crippen LogP contribution in [0.15, 0.2) is 60.0 Å². The highest BCUT2D eigenvalue weighted by molar-refractivity contribution is 6.09. The maximum Gasteiger partial charge on any atom is 0.222 e. The number of hydrogen-bond acceptors (Lipinski definition) is 7. The van der Waals surface area contributed by atoms with E-state index in [2.05, 4.69) is 40.2 Å². The van der Waals surface area contributed by atoms with Gasteiger partial charge in [0.05, 0.1) is 18.0 Å². The SMILES string of the molecule is C=C/C(=N\C(=C/Cc1cc(NCCC2(C)CC2)c(F)cc1C)NCCO)c1ccnc(NC(C)=O)c1.NC=O. The molecule has 6 N–H and O–H groups in total. The van der Waals surface area contributed by atoms with Crippen LogP contribution >= 0.6 is 0 Å². The molecule has 210 valence electrons. The number of nitrogens with one attached hydrogen (secondary N) is 3. The Balaban J connectivity index is 0.00000170. The molecule has 0 spiro atoms. The van der Waals surface area contributed by atoms with Gasteiger partial charge in [0, 0.05) is 31.8 Å². The van der Waals surface area contributed by atoms with Crippen molar-refractivity contribution in [3.05, 3.63) is 77.5 Å². The molecule has 1 heterocycles. The number of rotatable bonds is 13. The minimum absolute atomic E-state index is 0.0548. The van der Waals surface area contributed by atoms with Crippen molar-refractivity contribution in [1.82, 2.24) is 10.3 Å². The van der Waals surface area contributed by atoms with Crippen molar-refractivity contribution < 1.29 is 19.1 Å². The monoisotopic (exact) mass is 538 g/mol. The molecule has 0 saturated heterocycles. The van der Waals surface area contributed by atoms with E-state index < -0.39 is 0 Å². The summed E-state index contributed by atoms with van der Waals surface area (Å²) in [7, 11) is 0. The third kappa shape index (κ3) is 10.7. The molecule has 1 aromatic carbocycles. The molecule has 1 aliphatic rings. The van der Waals surface area contributed by atoms with E-state index in [9.17, 15) is 14.3 Å². The van der Waals surface area contributed by atoms with E-state index in [4.69, 9.17) is 9.79 Å². The summed E-state index contributed by atoms with van der Waals surface area (Å²) in [5, 5.41) is 18.4. The van der Waals surface area contributed by atoms with Crippen LogP contribution in [0.2, 0.25) is 0 Å². The average molecular weight is 539 g/mol. The van der Waals surface area contributed by atoms with Gasteiger partial charge in [-0.05, 0) is 85.6 Å². The van der Waals surface area contributed by atoms with Gasteiger partial charge in [0.15, 0.2) is 0 Å². The summed E-state index contributed by atoms with van der Waals surface area (Å²) in [6.45, 7) is 10.5. The smallest absolute Gasteiger partial charge is 0.222 e. The molecule has 1 aromatic heterocycles. The number of aromatic nitrogens is 1. The Kier molecular flexibility index (Phi) is 12.3. The summed E-state index contributed by atoms with van der Waals surface area (Å²) < 4.78 is 14.6. The quantitative estimate of drug-likeness (QED) is 0.194. The van der Waals surface area contributed by atoms with Gasteiger partial charge in [0.25, 0.3) is 0 Å². The second kappa shape index (κ2) is 15.4. The number of aliphatic hydroxyl groups excluding tert-OH is 1. The normalized spacial score (nSPS) is 14.0. The molecule has 1 saturated carbocycles. The number of nitrogens with zero attached hydrogens (tertiary/aromatic N) is 2. The van der Waals surface area contributed by atoms with Crippen LogP contribution in [0.25, 0.3) is 0 Å². The number of allylic oxidation sites excluding steroid dienone is 2. The average Bonchev–Trinajstić information content (AvgIpc) is 3.62. The number of carbonyl (C=O) groups is 2. The van der Waals surface area contributed by atoms with E-state index in [1.165, 1.54) is 19.8 Å². The molecule has 1 fully saturated rings. The minimum atomic E-state index is -0.251. The van der Waals surface area contributed by atoms with E-state index in [1.54, 1.807) is 30.5 Å². The fourth-order valence-corrected chi connectivity index (χ4v) is 3.78. The van der Waals surface area contributed by atoms with Crippen LogP contribution in [0.3, 0.4) is 0 Å². The topological polar surface area (TPSA) is 142 Å². The van der Waals surface area contributed by atoms with Gasteiger partial charge >= 0.3 is 0 Å². The van der Waals surface area contributed by atoms with Crippen molar-refractivity contribution in [2.75, 3.05) is 30.3 Å². The van der Waals surface area contributed by atoms with Gasteiger partial charge in [0.2, 0.25) is 12.3 Å². The van der Waals surface area contributed by atoms with Crippen molar-refractivity contribution in [2.24, 2.45) is 16.1 Å². The Labute approximate surface area is 229 Å². The van der Waals surface area contributed by atoms with Crippen molar-refractivity contribution in [1.29, 1.82) is 0 Å². The Morgan fingerprint density at radius 1 is 1.31 bits per heavy atom. The van der Waals surface area contributed by atoms with E-state index in [-0.39, 0.29) is 24.7 Å². The Hall–Kier alpha value is -4.05. The number of carbonyl (C=O) groups excluding carboxylic acids is 2. The second-order valence-electron chi connectivity index (χ2n) is 9.64. The number of hydrogen-bond donors (Lipinski definition) is 5. The van der Waals surface area contributed by atoms with Gasteiger partial charge in [-0.15, -0.1) is 0 Å². The molecule has 3 rings (SSSR count). The number of aryl methyl sites for hydroxylation is 1. The molecule has 39 heavy (non-hydrogen) atoms. The molecule has 0 atom stereocenters. The first kappa shape index (κ1) is 31.2. The Bertz CT molecular complexity index is 1210. The summed E-state index contributed by atoms with van der Waals surface area (Å²) in [5.41, 5.74) is 8.22. The van der Waals surface area contributed by atoms with Crippen LogP contribution < -0.4 is 21.7 Å². The third-order valence-corrected chi connectivity index (χ3v) is 6.30. The van der Waals surface area contributed by atoms with E-state index in [1.807, 2.05) is 19.1 Å². The van der Waals surface area contributed by atoms with Gasteiger partial charge in [-0.1, -0.05) is 13.5 Å². The number of anilines is 2. The summed E-state index contributed by atoms with van der Waals surface area (Å²) in [4.78, 5) is 28.8. The van der Waals surface area contributed by atoms with Crippen LogP contribution in [-0.2, 0) is 16.0 Å². The number of aliphatic imine (C=N–C) groups is 1.